The molecule has 1 atom stereocenters. The molecule has 1 fully saturated rings. The maximum Gasteiger partial charge on any atom is 0.285 e. The van der Waals surface area contributed by atoms with Crippen molar-refractivity contribution in [3.05, 3.63) is 41.6 Å². The van der Waals surface area contributed by atoms with Crippen LogP contribution in [-0.4, -0.2) is 47.9 Å². The molecule has 2 aliphatic heterocycles. The van der Waals surface area contributed by atoms with Gasteiger partial charge in [0.05, 0.1) is 11.6 Å². The Morgan fingerprint density at radius 2 is 1.97 bits per heavy atom. The molecular weight excluding hydrogens is 402 g/mol. The fourth-order valence-corrected chi connectivity index (χ4v) is 5.11. The van der Waals surface area contributed by atoms with Gasteiger partial charge in [-0.1, -0.05) is 32.9 Å². The van der Waals surface area contributed by atoms with Crippen LogP contribution in [0.3, 0.4) is 0 Å². The number of aryl methyl sites for hydroxylation is 1. The number of anilines is 1. The van der Waals surface area contributed by atoms with E-state index in [0.717, 1.165) is 18.5 Å². The minimum Gasteiger partial charge on any atom is -0.355 e. The molecule has 0 spiro atoms. The minimum atomic E-state index is -3.67. The molecule has 1 aromatic heterocycles. The van der Waals surface area contributed by atoms with Crippen LogP contribution in [0.15, 0.2) is 39.6 Å². The van der Waals surface area contributed by atoms with E-state index in [-0.39, 0.29) is 22.1 Å². The monoisotopic (exact) mass is 429 g/mol. The first kappa shape index (κ1) is 20.6. The van der Waals surface area contributed by atoms with Gasteiger partial charge in [0.15, 0.2) is 5.84 Å². The van der Waals surface area contributed by atoms with Crippen LogP contribution < -0.4 is 5.32 Å². The highest BCUT2D eigenvalue weighted by atomic mass is 32.2. The van der Waals surface area contributed by atoms with Gasteiger partial charge < -0.3 is 10.2 Å². The van der Waals surface area contributed by atoms with Gasteiger partial charge in [-0.25, -0.2) is 0 Å². The van der Waals surface area contributed by atoms with Gasteiger partial charge in [0, 0.05) is 37.2 Å². The number of piperidine rings is 1. The summed E-state index contributed by atoms with van der Waals surface area (Å²) < 4.78 is 30.4. The number of fused-ring (bicyclic) bond motifs is 1. The summed E-state index contributed by atoms with van der Waals surface area (Å²) in [6, 6.07) is 8.75. The third-order valence-corrected chi connectivity index (χ3v) is 6.93. The highest BCUT2D eigenvalue weighted by molar-refractivity contribution is 7.90. The summed E-state index contributed by atoms with van der Waals surface area (Å²) in [5.74, 6) is 0.759. The minimum absolute atomic E-state index is 0.0853. The van der Waals surface area contributed by atoms with Crippen LogP contribution in [0.25, 0.3) is 0 Å². The van der Waals surface area contributed by atoms with E-state index in [4.69, 9.17) is 0 Å². The molecule has 0 bridgehead atoms. The summed E-state index contributed by atoms with van der Waals surface area (Å²) in [4.78, 5) is 15.1. The van der Waals surface area contributed by atoms with Gasteiger partial charge in [0.1, 0.15) is 10.7 Å². The van der Waals surface area contributed by atoms with Crippen molar-refractivity contribution in [2.75, 3.05) is 18.4 Å². The zero-order chi connectivity index (χ0) is 21.7. The smallest absolute Gasteiger partial charge is 0.285 e. The number of nitrogens with zero attached hydrogens (tertiary/aromatic N) is 4. The van der Waals surface area contributed by atoms with E-state index in [0.29, 0.717) is 30.3 Å². The first-order chi connectivity index (χ1) is 14.1. The summed E-state index contributed by atoms with van der Waals surface area (Å²) in [6.45, 7) is 7.33. The number of hydrogen-bond acceptors (Lipinski definition) is 5. The van der Waals surface area contributed by atoms with E-state index in [1.807, 2.05) is 18.0 Å². The number of carbonyl (C=O) groups excluding carboxylic acids is 1. The largest absolute Gasteiger partial charge is 0.355 e. The number of rotatable bonds is 2. The summed E-state index contributed by atoms with van der Waals surface area (Å²) >= 11 is 0. The Labute approximate surface area is 177 Å². The lowest BCUT2D eigenvalue weighted by atomic mass is 9.92. The zero-order valence-corrected chi connectivity index (χ0v) is 18.5. The number of amides is 1. The fourth-order valence-electron chi connectivity index (χ4n) is 3.88. The average molecular weight is 430 g/mol. The first-order valence-electron chi connectivity index (χ1n) is 10.1. The van der Waals surface area contributed by atoms with Crippen LogP contribution in [0.2, 0.25) is 0 Å². The normalized spacial score (nSPS) is 20.6. The molecule has 1 aromatic carbocycles. The topological polar surface area (TPSA) is 96.7 Å². The quantitative estimate of drug-likeness (QED) is 0.791. The molecule has 0 aliphatic carbocycles. The van der Waals surface area contributed by atoms with Crippen molar-refractivity contribution < 1.29 is 13.2 Å². The summed E-state index contributed by atoms with van der Waals surface area (Å²) in [6.07, 6.45) is 1.53. The Kier molecular flexibility index (Phi) is 4.96. The van der Waals surface area contributed by atoms with Gasteiger partial charge >= 0.3 is 0 Å². The van der Waals surface area contributed by atoms with Gasteiger partial charge in [0.2, 0.25) is 5.91 Å². The summed E-state index contributed by atoms with van der Waals surface area (Å²) in [5, 5.41) is 7.50. The molecule has 0 unspecified atom stereocenters. The lowest BCUT2D eigenvalue weighted by Gasteiger charge is -2.33. The van der Waals surface area contributed by atoms with Crippen molar-refractivity contribution in [3.63, 3.8) is 0 Å². The number of benzene rings is 1. The van der Waals surface area contributed by atoms with Gasteiger partial charge in [0.25, 0.3) is 10.0 Å². The molecule has 1 amide bonds. The van der Waals surface area contributed by atoms with Crippen LogP contribution in [0, 0.1) is 5.92 Å². The van der Waals surface area contributed by atoms with Crippen molar-refractivity contribution in [2.24, 2.45) is 17.4 Å². The molecule has 9 heteroatoms. The number of hydrogen-bond donors (Lipinski definition) is 1. The molecule has 30 heavy (non-hydrogen) atoms. The van der Waals surface area contributed by atoms with Gasteiger partial charge in [-0.05, 0) is 25.0 Å². The molecule has 8 nitrogen and oxygen atoms in total. The number of carbonyl (C=O) groups is 1. The Balaban J connectivity index is 1.51. The van der Waals surface area contributed by atoms with Crippen LogP contribution >= 0.6 is 0 Å². The van der Waals surface area contributed by atoms with E-state index < -0.39 is 10.0 Å². The van der Waals surface area contributed by atoms with Gasteiger partial charge in [-0.15, -0.1) is 4.40 Å². The Hall–Kier alpha value is -2.68. The van der Waals surface area contributed by atoms with E-state index in [1.54, 1.807) is 28.9 Å². The predicted molar refractivity (Wildman–Crippen MR) is 115 cm³/mol. The number of likely N-dealkylation sites (tertiary alicyclic amines) is 1. The maximum atomic E-state index is 13.0. The van der Waals surface area contributed by atoms with E-state index in [2.05, 4.69) is 35.6 Å². The van der Waals surface area contributed by atoms with Gasteiger partial charge in [-0.2, -0.15) is 13.5 Å². The molecule has 3 heterocycles. The SMILES string of the molecule is Cn1nc(C(C)(C)C)cc1NC(=O)[C@@H]1CCCN(C2=NS(=O)(=O)c3ccccc32)C1. The molecule has 160 valence electrons. The first-order valence-corrected chi connectivity index (χ1v) is 11.5. The highest BCUT2D eigenvalue weighted by Gasteiger charge is 2.35. The zero-order valence-electron chi connectivity index (χ0n) is 17.7. The average Bonchev–Trinajstić information content (AvgIpc) is 3.19. The number of sulfonamides is 1. The van der Waals surface area contributed by atoms with Crippen LogP contribution in [-0.2, 0) is 27.3 Å². The van der Waals surface area contributed by atoms with Crippen molar-refractivity contribution in [2.45, 2.75) is 43.9 Å². The lowest BCUT2D eigenvalue weighted by molar-refractivity contribution is -0.121. The predicted octanol–water partition coefficient (Wildman–Crippen LogP) is 2.52. The molecule has 4 rings (SSSR count). The highest BCUT2D eigenvalue weighted by Crippen LogP contribution is 2.30. The van der Waals surface area contributed by atoms with E-state index >= 15 is 0 Å². The number of nitrogens with one attached hydrogen (secondary N) is 1. The molecule has 0 saturated carbocycles. The molecular formula is C21H27N5O3S. The lowest BCUT2D eigenvalue weighted by Crippen LogP contribution is -2.43. The van der Waals surface area contributed by atoms with Crippen LogP contribution in [0.4, 0.5) is 5.82 Å². The Bertz CT molecular complexity index is 1130. The van der Waals surface area contributed by atoms with Crippen LogP contribution in [0.1, 0.15) is 44.9 Å². The number of aromatic nitrogens is 2. The Morgan fingerprint density at radius 3 is 2.67 bits per heavy atom. The second-order valence-electron chi connectivity index (χ2n) is 8.95. The summed E-state index contributed by atoms with van der Waals surface area (Å²) in [5.41, 5.74) is 1.41. The van der Waals surface area contributed by atoms with Crippen molar-refractivity contribution in [3.8, 4) is 0 Å². The molecule has 1 N–H and O–H groups in total. The third kappa shape index (κ3) is 3.74. The van der Waals surface area contributed by atoms with Crippen molar-refractivity contribution in [1.29, 1.82) is 0 Å². The molecule has 2 aromatic rings. The van der Waals surface area contributed by atoms with E-state index in [9.17, 15) is 13.2 Å². The van der Waals surface area contributed by atoms with Gasteiger partial charge in [-0.3, -0.25) is 9.48 Å². The van der Waals surface area contributed by atoms with Crippen molar-refractivity contribution in [1.82, 2.24) is 14.7 Å². The fraction of sp³-hybridized carbons (Fsp3) is 0.476. The van der Waals surface area contributed by atoms with E-state index in [1.165, 1.54) is 0 Å². The second-order valence-corrected chi connectivity index (χ2v) is 10.5. The Morgan fingerprint density at radius 1 is 1.23 bits per heavy atom. The number of amidine groups is 1. The maximum absolute atomic E-state index is 13.0. The standard InChI is InChI=1S/C21H27N5O3S/c1-21(2,3)17-12-18(25(4)23-17)22-20(27)14-8-7-11-26(13-14)19-15-9-5-6-10-16(15)30(28,29)24-19/h5-6,9-10,12,14H,7-8,11,13H2,1-4H3,(H,22,27)/t14-/m1/s1. The third-order valence-electron chi connectivity index (χ3n) is 5.60. The summed E-state index contributed by atoms with van der Waals surface area (Å²) in [7, 11) is -1.86. The van der Waals surface area contributed by atoms with Crippen molar-refractivity contribution >= 4 is 27.6 Å². The van der Waals surface area contributed by atoms with Crippen LogP contribution in [0.5, 0.6) is 0 Å². The molecule has 0 radical (unpaired) electrons. The molecule has 2 aliphatic rings. The molecule has 1 saturated heterocycles. The second kappa shape index (κ2) is 7.23.